The van der Waals surface area contributed by atoms with E-state index < -0.39 is 78.6 Å². The second-order valence-corrected chi connectivity index (χ2v) is 8.85. The summed E-state index contributed by atoms with van der Waals surface area (Å²) >= 11 is 0. The topological polar surface area (TPSA) is 112 Å². The lowest BCUT2D eigenvalue weighted by molar-refractivity contribution is -0.141. The second kappa shape index (κ2) is 8.93. The first-order chi connectivity index (χ1) is 13.8. The quantitative estimate of drug-likeness (QED) is 0.243. The average molecular weight is 452 g/mol. The first-order valence-corrected chi connectivity index (χ1v) is 10.2. The van der Waals surface area contributed by atoms with Crippen LogP contribution in [0.25, 0.3) is 0 Å². The molecule has 0 saturated heterocycles. The molecule has 2 aromatic rings. The third-order valence-corrected chi connectivity index (χ3v) is 6.04. The zero-order chi connectivity index (χ0) is 22.8. The van der Waals surface area contributed by atoms with E-state index in [0.717, 1.165) is 6.07 Å². The number of benzene rings is 2. The first-order valence-electron chi connectivity index (χ1n) is 8.20. The van der Waals surface area contributed by atoms with E-state index in [1.165, 1.54) is 18.2 Å². The maximum absolute atomic E-state index is 13.8. The van der Waals surface area contributed by atoms with Crippen molar-refractivity contribution in [2.45, 2.75) is 12.6 Å². The molecule has 0 heterocycles. The highest BCUT2D eigenvalue weighted by Gasteiger charge is 2.34. The third-order valence-electron chi connectivity index (χ3n) is 4.22. The summed E-state index contributed by atoms with van der Waals surface area (Å²) in [6.07, 6.45) is -2.92. The molecule has 0 bridgehead atoms. The van der Waals surface area contributed by atoms with Crippen LogP contribution >= 0.6 is 7.37 Å². The number of carbonyl (C=O) groups is 2. The standard InChI is InChI=1S/C18H14F5O6P/c19-12-11(13(20)15(22)16(23)14(12)21)7-30(28,29)6-10(18(26)27)5-8-2-1-3-9(4-8)17(24)25/h1-4,10H,5-7H2,(H,24,25)(H,26,27)(H,28,29). The fourth-order valence-electron chi connectivity index (χ4n) is 2.79. The lowest BCUT2D eigenvalue weighted by Crippen LogP contribution is -2.21. The molecule has 30 heavy (non-hydrogen) atoms. The molecule has 12 heteroatoms. The number of halogens is 5. The number of aliphatic carboxylic acids is 1. The van der Waals surface area contributed by atoms with E-state index in [1.54, 1.807) is 0 Å². The molecule has 0 aliphatic carbocycles. The maximum Gasteiger partial charge on any atom is 0.335 e. The Balaban J connectivity index is 2.30. The Morgan fingerprint density at radius 1 is 0.933 bits per heavy atom. The number of carboxylic acids is 2. The third kappa shape index (κ3) is 5.22. The Hall–Kier alpha value is -2.78. The van der Waals surface area contributed by atoms with Crippen LogP contribution in [0.15, 0.2) is 24.3 Å². The molecule has 2 rings (SSSR count). The summed E-state index contributed by atoms with van der Waals surface area (Å²) in [5.41, 5.74) is -1.49. The van der Waals surface area contributed by atoms with Gasteiger partial charge < -0.3 is 15.1 Å². The highest BCUT2D eigenvalue weighted by Crippen LogP contribution is 2.48. The van der Waals surface area contributed by atoms with Gasteiger partial charge in [-0.15, -0.1) is 0 Å². The Kier molecular flexibility index (Phi) is 6.99. The van der Waals surface area contributed by atoms with Crippen molar-refractivity contribution >= 4 is 19.3 Å². The van der Waals surface area contributed by atoms with Crippen molar-refractivity contribution in [2.24, 2.45) is 5.92 Å². The molecule has 3 N–H and O–H groups in total. The Morgan fingerprint density at radius 2 is 1.47 bits per heavy atom. The summed E-state index contributed by atoms with van der Waals surface area (Å²) in [4.78, 5) is 32.5. The highest BCUT2D eigenvalue weighted by molar-refractivity contribution is 7.57. The van der Waals surface area contributed by atoms with E-state index >= 15 is 0 Å². The molecule has 0 aliphatic rings. The smallest absolute Gasteiger partial charge is 0.335 e. The van der Waals surface area contributed by atoms with E-state index in [1.807, 2.05) is 0 Å². The summed E-state index contributed by atoms with van der Waals surface area (Å²) in [7, 11) is -4.73. The van der Waals surface area contributed by atoms with Gasteiger partial charge in [-0.1, -0.05) is 12.1 Å². The molecule has 0 spiro atoms. The van der Waals surface area contributed by atoms with Gasteiger partial charge in [0.15, 0.2) is 23.3 Å². The van der Waals surface area contributed by atoms with Crippen LogP contribution < -0.4 is 0 Å². The van der Waals surface area contributed by atoms with Crippen LogP contribution in [0.1, 0.15) is 21.5 Å². The molecule has 0 amide bonds. The Morgan fingerprint density at radius 3 is 1.97 bits per heavy atom. The lowest BCUT2D eigenvalue weighted by Gasteiger charge is -2.18. The van der Waals surface area contributed by atoms with Crippen LogP contribution in [0.3, 0.4) is 0 Å². The van der Waals surface area contributed by atoms with Crippen molar-refractivity contribution in [3.8, 4) is 0 Å². The highest BCUT2D eigenvalue weighted by atomic mass is 31.2. The zero-order valence-corrected chi connectivity index (χ0v) is 15.8. The monoisotopic (exact) mass is 452 g/mol. The minimum atomic E-state index is -4.73. The molecule has 0 saturated carbocycles. The van der Waals surface area contributed by atoms with Gasteiger partial charge in [0.05, 0.1) is 17.6 Å². The molecule has 6 nitrogen and oxygen atoms in total. The molecule has 2 aromatic carbocycles. The predicted molar refractivity (Wildman–Crippen MR) is 92.9 cm³/mol. The second-order valence-electron chi connectivity index (χ2n) is 6.48. The molecule has 0 radical (unpaired) electrons. The van der Waals surface area contributed by atoms with E-state index in [0.29, 0.717) is 0 Å². The fourth-order valence-corrected chi connectivity index (χ4v) is 4.67. The molecule has 0 aromatic heterocycles. The maximum atomic E-state index is 13.8. The average Bonchev–Trinajstić information content (AvgIpc) is 2.67. The van der Waals surface area contributed by atoms with Crippen LogP contribution in [0.2, 0.25) is 0 Å². The van der Waals surface area contributed by atoms with Gasteiger partial charge in [-0.25, -0.2) is 26.7 Å². The van der Waals surface area contributed by atoms with E-state index in [4.69, 9.17) is 5.11 Å². The van der Waals surface area contributed by atoms with Crippen molar-refractivity contribution in [1.82, 2.24) is 0 Å². The predicted octanol–water partition coefficient (Wildman–Crippen LogP) is 3.79. The number of hydrogen-bond acceptors (Lipinski definition) is 3. The van der Waals surface area contributed by atoms with Gasteiger partial charge >= 0.3 is 11.9 Å². The summed E-state index contributed by atoms with van der Waals surface area (Å²) in [5, 5.41) is 18.3. The van der Waals surface area contributed by atoms with Crippen LogP contribution in [-0.2, 0) is 21.9 Å². The van der Waals surface area contributed by atoms with Crippen LogP contribution in [0.4, 0.5) is 22.0 Å². The Labute approximate surface area is 166 Å². The van der Waals surface area contributed by atoms with Crippen LogP contribution in [0.5, 0.6) is 0 Å². The van der Waals surface area contributed by atoms with Gasteiger partial charge in [-0.2, -0.15) is 0 Å². The van der Waals surface area contributed by atoms with Gasteiger partial charge in [0.25, 0.3) is 0 Å². The Bertz CT molecular complexity index is 1030. The molecular weight excluding hydrogens is 438 g/mol. The van der Waals surface area contributed by atoms with Crippen molar-refractivity contribution < 1.29 is 51.2 Å². The molecule has 2 unspecified atom stereocenters. The summed E-state index contributed by atoms with van der Waals surface area (Å²) < 4.78 is 79.6. The minimum Gasteiger partial charge on any atom is -0.481 e. The van der Waals surface area contributed by atoms with Crippen molar-refractivity contribution in [3.05, 3.63) is 70.0 Å². The number of hydrogen-bond donors (Lipinski definition) is 3. The molecule has 0 fully saturated rings. The van der Waals surface area contributed by atoms with E-state index in [9.17, 15) is 46.1 Å². The summed E-state index contributed by atoms with van der Waals surface area (Å²) in [5.74, 6) is -16.0. The van der Waals surface area contributed by atoms with E-state index in [-0.39, 0.29) is 11.1 Å². The van der Waals surface area contributed by atoms with Gasteiger partial charge in [0, 0.05) is 11.7 Å². The van der Waals surface area contributed by atoms with Gasteiger partial charge in [0.2, 0.25) is 13.2 Å². The minimum absolute atomic E-state index is 0.162. The number of carboxylic acid groups (broad SMARTS) is 2. The molecule has 162 valence electrons. The fraction of sp³-hybridized carbons (Fsp3) is 0.222. The lowest BCUT2D eigenvalue weighted by atomic mass is 9.99. The van der Waals surface area contributed by atoms with Gasteiger partial charge in [-0.3, -0.25) is 9.36 Å². The van der Waals surface area contributed by atoms with Crippen LogP contribution in [-0.4, -0.2) is 33.2 Å². The summed E-state index contributed by atoms with van der Waals surface area (Å²) in [6, 6.07) is 5.08. The number of rotatable bonds is 8. The molecule has 2 atom stereocenters. The molecular formula is C18H14F5O6P. The van der Waals surface area contributed by atoms with Gasteiger partial charge in [0.1, 0.15) is 0 Å². The van der Waals surface area contributed by atoms with Gasteiger partial charge in [-0.05, 0) is 24.1 Å². The normalized spacial score (nSPS) is 14.2. The van der Waals surface area contributed by atoms with Crippen molar-refractivity contribution in [3.63, 3.8) is 0 Å². The zero-order valence-electron chi connectivity index (χ0n) is 14.9. The van der Waals surface area contributed by atoms with Crippen LogP contribution in [0, 0.1) is 35.0 Å². The first kappa shape index (κ1) is 23.5. The van der Waals surface area contributed by atoms with E-state index in [2.05, 4.69) is 0 Å². The SMILES string of the molecule is O=C(O)c1cccc(CC(CP(=O)(O)Cc2c(F)c(F)c(F)c(F)c2F)C(=O)O)c1. The van der Waals surface area contributed by atoms with Crippen molar-refractivity contribution in [1.29, 1.82) is 0 Å². The number of aromatic carboxylic acids is 1. The molecule has 0 aliphatic heterocycles. The largest absolute Gasteiger partial charge is 0.481 e. The summed E-state index contributed by atoms with van der Waals surface area (Å²) in [6.45, 7) is 0. The van der Waals surface area contributed by atoms with Crippen molar-refractivity contribution in [2.75, 3.05) is 6.16 Å².